The van der Waals surface area contributed by atoms with Crippen molar-refractivity contribution in [3.05, 3.63) is 33.9 Å². The van der Waals surface area contributed by atoms with Gasteiger partial charge in [-0.25, -0.2) is 0 Å². The molecule has 7 nitrogen and oxygen atoms in total. The van der Waals surface area contributed by atoms with E-state index in [1.165, 1.54) is 12.1 Å². The molecule has 0 saturated heterocycles. The van der Waals surface area contributed by atoms with E-state index < -0.39 is 16.3 Å². The largest absolute Gasteiger partial charge is 0.481 e. The van der Waals surface area contributed by atoms with Gasteiger partial charge >= 0.3 is 5.97 Å². The van der Waals surface area contributed by atoms with Crippen LogP contribution in [-0.2, 0) is 9.59 Å². The van der Waals surface area contributed by atoms with Crippen LogP contribution in [0.1, 0.15) is 51.0 Å². The molecule has 1 aromatic rings. The Bertz CT molecular complexity index is 682. The monoisotopic (exact) mass is 348 g/mol. The molecule has 2 N–H and O–H groups in total. The minimum Gasteiger partial charge on any atom is -0.481 e. The van der Waals surface area contributed by atoms with E-state index in [4.69, 9.17) is 0 Å². The number of hydrogen-bond acceptors (Lipinski definition) is 4. The molecule has 1 atom stereocenters. The van der Waals surface area contributed by atoms with Crippen LogP contribution in [0.3, 0.4) is 0 Å². The van der Waals surface area contributed by atoms with Gasteiger partial charge in [0, 0.05) is 12.1 Å². The van der Waals surface area contributed by atoms with Gasteiger partial charge in [-0.3, -0.25) is 19.7 Å². The number of nitro groups is 1. The van der Waals surface area contributed by atoms with E-state index in [0.29, 0.717) is 11.3 Å². The molecule has 0 aliphatic heterocycles. The Balaban J connectivity index is 2.29. The molecule has 1 aromatic carbocycles. The Hall–Kier alpha value is -2.44. The second-order valence-electron chi connectivity index (χ2n) is 7.03. The smallest absolute Gasteiger partial charge is 0.304 e. The minimum absolute atomic E-state index is 0.00338. The number of carboxylic acids is 1. The predicted octanol–water partition coefficient (Wildman–Crippen LogP) is 3.90. The third-order valence-electron chi connectivity index (χ3n) is 5.22. The fourth-order valence-corrected chi connectivity index (χ4v) is 3.59. The van der Waals surface area contributed by atoms with Gasteiger partial charge in [-0.05, 0) is 38.2 Å². The highest BCUT2D eigenvalue weighted by Gasteiger charge is 2.43. The van der Waals surface area contributed by atoms with E-state index in [1.807, 2.05) is 0 Å². The van der Waals surface area contributed by atoms with E-state index in [-0.39, 0.29) is 23.9 Å². The summed E-state index contributed by atoms with van der Waals surface area (Å²) in [6.45, 7) is 3.44. The van der Waals surface area contributed by atoms with Crippen LogP contribution >= 0.6 is 0 Å². The first-order valence-electron chi connectivity index (χ1n) is 8.52. The summed E-state index contributed by atoms with van der Waals surface area (Å²) in [5.41, 5.74) is -0.103. The van der Waals surface area contributed by atoms with Crippen LogP contribution in [0.25, 0.3) is 0 Å². The number of nitrogens with one attached hydrogen (secondary N) is 1. The zero-order valence-corrected chi connectivity index (χ0v) is 14.6. The topological polar surface area (TPSA) is 110 Å². The molecule has 7 heteroatoms. The van der Waals surface area contributed by atoms with E-state index in [9.17, 15) is 24.8 Å². The number of nitro benzene ring substituents is 1. The van der Waals surface area contributed by atoms with Crippen LogP contribution in [0.15, 0.2) is 18.2 Å². The van der Waals surface area contributed by atoms with E-state index in [1.54, 1.807) is 19.9 Å². The zero-order chi connectivity index (χ0) is 18.6. The van der Waals surface area contributed by atoms with Crippen molar-refractivity contribution in [1.29, 1.82) is 0 Å². The summed E-state index contributed by atoms with van der Waals surface area (Å²) in [4.78, 5) is 34.7. The number of non-ortho nitro benzene ring substituents is 1. The van der Waals surface area contributed by atoms with Gasteiger partial charge in [0.2, 0.25) is 5.91 Å². The second-order valence-corrected chi connectivity index (χ2v) is 7.03. The fraction of sp³-hybridized carbons (Fsp3) is 0.556. The Morgan fingerprint density at radius 3 is 2.52 bits per heavy atom. The van der Waals surface area contributed by atoms with Gasteiger partial charge in [0.05, 0.1) is 22.4 Å². The summed E-state index contributed by atoms with van der Waals surface area (Å²) in [6.07, 6.45) is 4.48. The number of amides is 1. The first-order chi connectivity index (χ1) is 11.7. The number of carbonyl (C=O) groups is 2. The SMILES string of the molecule is Cc1ccc([N+](=O)[O-])cc1NC(=O)C(C)(CC(=O)O)C1CCCCC1. The third kappa shape index (κ3) is 4.35. The molecule has 1 aliphatic rings. The summed E-state index contributed by atoms with van der Waals surface area (Å²) in [5, 5.41) is 23.0. The maximum Gasteiger partial charge on any atom is 0.304 e. The van der Waals surface area contributed by atoms with Gasteiger partial charge < -0.3 is 10.4 Å². The fourth-order valence-electron chi connectivity index (χ4n) is 3.59. The number of anilines is 1. The quantitative estimate of drug-likeness (QED) is 0.598. The third-order valence-corrected chi connectivity index (χ3v) is 5.22. The van der Waals surface area contributed by atoms with Crippen molar-refractivity contribution >= 4 is 23.3 Å². The summed E-state index contributed by atoms with van der Waals surface area (Å²) in [6, 6.07) is 4.26. The van der Waals surface area contributed by atoms with Crippen LogP contribution in [0.4, 0.5) is 11.4 Å². The van der Waals surface area contributed by atoms with Crippen LogP contribution in [0.5, 0.6) is 0 Å². The Labute approximate surface area is 146 Å². The number of carboxylic acid groups (broad SMARTS) is 1. The molecule has 1 aliphatic carbocycles. The van der Waals surface area contributed by atoms with Crippen molar-refractivity contribution in [2.75, 3.05) is 5.32 Å². The van der Waals surface area contributed by atoms with Crippen LogP contribution in [-0.4, -0.2) is 21.9 Å². The number of hydrogen-bond donors (Lipinski definition) is 2. The highest BCUT2D eigenvalue weighted by molar-refractivity contribution is 5.98. The van der Waals surface area contributed by atoms with Crippen molar-refractivity contribution in [2.45, 2.75) is 52.4 Å². The average Bonchev–Trinajstić information content (AvgIpc) is 2.56. The van der Waals surface area contributed by atoms with Crippen molar-refractivity contribution in [3.8, 4) is 0 Å². The van der Waals surface area contributed by atoms with E-state index in [0.717, 1.165) is 32.1 Å². The molecule has 1 saturated carbocycles. The van der Waals surface area contributed by atoms with Crippen LogP contribution in [0, 0.1) is 28.4 Å². The van der Waals surface area contributed by atoms with Crippen molar-refractivity contribution in [3.63, 3.8) is 0 Å². The average molecular weight is 348 g/mol. The number of carbonyl (C=O) groups excluding carboxylic acids is 1. The Morgan fingerprint density at radius 2 is 1.96 bits per heavy atom. The lowest BCUT2D eigenvalue weighted by atomic mass is 9.67. The number of rotatable bonds is 6. The normalized spacial score (nSPS) is 17.5. The number of nitrogens with zero attached hydrogens (tertiary/aromatic N) is 1. The lowest BCUT2D eigenvalue weighted by Gasteiger charge is -2.37. The van der Waals surface area contributed by atoms with Gasteiger partial charge in [0.15, 0.2) is 0 Å². The Kier molecular flexibility index (Phi) is 5.77. The number of aryl methyl sites for hydroxylation is 1. The molecule has 2 rings (SSSR count). The van der Waals surface area contributed by atoms with E-state index in [2.05, 4.69) is 5.32 Å². The molecular formula is C18H24N2O5. The maximum atomic E-state index is 13.0. The lowest BCUT2D eigenvalue weighted by Crippen LogP contribution is -2.42. The zero-order valence-electron chi connectivity index (χ0n) is 14.6. The van der Waals surface area contributed by atoms with Gasteiger partial charge in [0.1, 0.15) is 0 Å². The van der Waals surface area contributed by atoms with Crippen LogP contribution < -0.4 is 5.32 Å². The van der Waals surface area contributed by atoms with Crippen molar-refractivity contribution < 1.29 is 19.6 Å². The molecule has 0 spiro atoms. The molecule has 25 heavy (non-hydrogen) atoms. The molecule has 1 amide bonds. The first-order valence-corrected chi connectivity index (χ1v) is 8.52. The highest BCUT2D eigenvalue weighted by Crippen LogP contribution is 2.42. The van der Waals surface area contributed by atoms with Gasteiger partial charge in [-0.2, -0.15) is 0 Å². The molecule has 0 radical (unpaired) electrons. The molecule has 0 bridgehead atoms. The standard InChI is InChI=1S/C18H24N2O5/c1-12-8-9-14(20(24)25)10-15(12)19-17(23)18(2,11-16(21)22)13-6-4-3-5-7-13/h8-10,13H,3-7,11H2,1-2H3,(H,19,23)(H,21,22). The molecule has 0 aromatic heterocycles. The molecule has 1 fully saturated rings. The lowest BCUT2D eigenvalue weighted by molar-refractivity contribution is -0.384. The molecule has 1 unspecified atom stereocenters. The molecule has 0 heterocycles. The van der Waals surface area contributed by atoms with Gasteiger partial charge in [-0.1, -0.05) is 25.3 Å². The van der Waals surface area contributed by atoms with Crippen LogP contribution in [0.2, 0.25) is 0 Å². The number of aliphatic carboxylic acids is 1. The van der Waals surface area contributed by atoms with Crippen molar-refractivity contribution in [1.82, 2.24) is 0 Å². The first kappa shape index (κ1) is 18.9. The summed E-state index contributed by atoms with van der Waals surface area (Å²) < 4.78 is 0. The molecule has 136 valence electrons. The van der Waals surface area contributed by atoms with Gasteiger partial charge in [0.25, 0.3) is 5.69 Å². The minimum atomic E-state index is -1.04. The summed E-state index contributed by atoms with van der Waals surface area (Å²) in [5.74, 6) is -1.40. The second kappa shape index (κ2) is 7.63. The Morgan fingerprint density at radius 1 is 1.32 bits per heavy atom. The highest BCUT2D eigenvalue weighted by atomic mass is 16.6. The van der Waals surface area contributed by atoms with E-state index >= 15 is 0 Å². The predicted molar refractivity (Wildman–Crippen MR) is 93.4 cm³/mol. The maximum absolute atomic E-state index is 13.0. The van der Waals surface area contributed by atoms with Crippen molar-refractivity contribution in [2.24, 2.45) is 11.3 Å². The molecular weight excluding hydrogens is 324 g/mol. The van der Waals surface area contributed by atoms with Gasteiger partial charge in [-0.15, -0.1) is 0 Å². The number of benzene rings is 1. The summed E-state index contributed by atoms with van der Waals surface area (Å²) >= 11 is 0. The summed E-state index contributed by atoms with van der Waals surface area (Å²) in [7, 11) is 0.